The maximum atomic E-state index is 10.5. The van der Waals surface area contributed by atoms with Crippen LogP contribution in [0.1, 0.15) is 11.1 Å². The van der Waals surface area contributed by atoms with Crippen molar-refractivity contribution in [2.24, 2.45) is 0 Å². The van der Waals surface area contributed by atoms with Crippen molar-refractivity contribution in [3.63, 3.8) is 0 Å². The predicted molar refractivity (Wildman–Crippen MR) is 80.2 cm³/mol. The Bertz CT molecular complexity index is 606. The number of thioether (sulfide) groups is 1. The summed E-state index contributed by atoms with van der Waals surface area (Å²) >= 11 is 1.70. The van der Waals surface area contributed by atoms with Gasteiger partial charge in [0.2, 0.25) is 0 Å². The number of rotatable bonds is 4. The number of nitrogens with zero attached hydrogens (tertiary/aromatic N) is 1. The number of hydrogen-bond donors (Lipinski definition) is 0. The highest BCUT2D eigenvalue weighted by molar-refractivity contribution is 7.98. The molecule has 0 fully saturated rings. The van der Waals surface area contributed by atoms with Gasteiger partial charge in [-0.25, -0.2) is 0 Å². The van der Waals surface area contributed by atoms with Gasteiger partial charge < -0.3 is 0 Å². The molecule has 0 aromatic heterocycles. The molecule has 0 aliphatic carbocycles. The van der Waals surface area contributed by atoms with Gasteiger partial charge in [0, 0.05) is 17.0 Å². The topological polar surface area (TPSA) is 43.1 Å². The molecule has 96 valence electrons. The van der Waals surface area contributed by atoms with Crippen molar-refractivity contribution >= 4 is 29.6 Å². The van der Waals surface area contributed by atoms with Crippen LogP contribution in [0.25, 0.3) is 12.2 Å². The van der Waals surface area contributed by atoms with E-state index in [0.717, 1.165) is 11.1 Å². The Hall–Kier alpha value is -2.07. The van der Waals surface area contributed by atoms with Crippen LogP contribution in [0.15, 0.2) is 53.4 Å². The molecule has 0 unspecified atom stereocenters. The zero-order chi connectivity index (χ0) is 13.7. The van der Waals surface area contributed by atoms with Crippen molar-refractivity contribution in [2.75, 3.05) is 6.26 Å². The molecular weight excluding hydrogens is 258 g/mol. The SMILES string of the molecule is CSc1cccc(C=Cc2ccc([N+](=O)[O-])cc2)c1. The molecule has 2 aromatic rings. The van der Waals surface area contributed by atoms with Gasteiger partial charge in [-0.2, -0.15) is 0 Å². The third kappa shape index (κ3) is 3.69. The molecule has 4 heteroatoms. The van der Waals surface area contributed by atoms with E-state index >= 15 is 0 Å². The summed E-state index contributed by atoms with van der Waals surface area (Å²) in [6.45, 7) is 0. The molecule has 0 aliphatic rings. The van der Waals surface area contributed by atoms with Gasteiger partial charge in [0.1, 0.15) is 0 Å². The molecule has 0 heterocycles. The molecule has 0 radical (unpaired) electrons. The van der Waals surface area contributed by atoms with Gasteiger partial charge in [0.15, 0.2) is 0 Å². The van der Waals surface area contributed by atoms with E-state index in [0.29, 0.717) is 0 Å². The third-order valence-corrected chi connectivity index (χ3v) is 3.39. The van der Waals surface area contributed by atoms with E-state index < -0.39 is 4.92 Å². The van der Waals surface area contributed by atoms with E-state index in [9.17, 15) is 10.1 Å². The maximum absolute atomic E-state index is 10.5. The summed E-state index contributed by atoms with van der Waals surface area (Å²) in [5.41, 5.74) is 2.17. The molecule has 0 saturated carbocycles. The largest absolute Gasteiger partial charge is 0.269 e. The molecule has 0 amide bonds. The Balaban J connectivity index is 2.15. The number of benzene rings is 2. The summed E-state index contributed by atoms with van der Waals surface area (Å²) < 4.78 is 0. The number of nitro groups is 1. The van der Waals surface area contributed by atoms with Crippen LogP contribution in [0, 0.1) is 10.1 Å². The molecular formula is C15H13NO2S. The van der Waals surface area contributed by atoms with E-state index in [1.54, 1.807) is 23.9 Å². The quantitative estimate of drug-likeness (QED) is 0.356. The van der Waals surface area contributed by atoms with Crippen molar-refractivity contribution in [3.05, 3.63) is 69.8 Å². The van der Waals surface area contributed by atoms with E-state index in [1.807, 2.05) is 30.5 Å². The molecule has 0 atom stereocenters. The predicted octanol–water partition coefficient (Wildman–Crippen LogP) is 4.49. The first kappa shape index (κ1) is 13.4. The van der Waals surface area contributed by atoms with Gasteiger partial charge in [-0.15, -0.1) is 11.8 Å². The average Bonchev–Trinajstić information content (AvgIpc) is 2.46. The highest BCUT2D eigenvalue weighted by atomic mass is 32.2. The fourth-order valence-corrected chi connectivity index (χ4v) is 2.11. The van der Waals surface area contributed by atoms with Crippen molar-refractivity contribution in [3.8, 4) is 0 Å². The lowest BCUT2D eigenvalue weighted by Crippen LogP contribution is -1.86. The second-order valence-corrected chi connectivity index (χ2v) is 4.84. The van der Waals surface area contributed by atoms with Gasteiger partial charge in [-0.1, -0.05) is 24.3 Å². The van der Waals surface area contributed by atoms with E-state index in [1.165, 1.54) is 17.0 Å². The van der Waals surface area contributed by atoms with E-state index in [2.05, 4.69) is 12.1 Å². The molecule has 0 bridgehead atoms. The molecule has 0 N–H and O–H groups in total. The van der Waals surface area contributed by atoms with Crippen molar-refractivity contribution in [1.29, 1.82) is 0 Å². The average molecular weight is 271 g/mol. The van der Waals surface area contributed by atoms with Crippen LogP contribution < -0.4 is 0 Å². The van der Waals surface area contributed by atoms with Crippen LogP contribution in [0.3, 0.4) is 0 Å². The third-order valence-electron chi connectivity index (χ3n) is 2.67. The smallest absolute Gasteiger partial charge is 0.258 e. The van der Waals surface area contributed by atoms with Gasteiger partial charge >= 0.3 is 0 Å². The van der Waals surface area contributed by atoms with E-state index in [4.69, 9.17) is 0 Å². The molecule has 2 rings (SSSR count). The summed E-state index contributed by atoms with van der Waals surface area (Å²) in [4.78, 5) is 11.4. The molecule has 0 aliphatic heterocycles. The highest BCUT2D eigenvalue weighted by Gasteiger charge is 2.02. The van der Waals surface area contributed by atoms with Crippen LogP contribution in [-0.4, -0.2) is 11.2 Å². The monoisotopic (exact) mass is 271 g/mol. The van der Waals surface area contributed by atoms with Crippen LogP contribution in [0.5, 0.6) is 0 Å². The van der Waals surface area contributed by atoms with Gasteiger partial charge in [0.05, 0.1) is 4.92 Å². The number of non-ortho nitro benzene ring substituents is 1. The normalized spacial score (nSPS) is 10.8. The lowest BCUT2D eigenvalue weighted by Gasteiger charge is -1.98. The summed E-state index contributed by atoms with van der Waals surface area (Å²) in [5, 5.41) is 10.5. The molecule has 0 saturated heterocycles. The van der Waals surface area contributed by atoms with Crippen molar-refractivity contribution in [2.45, 2.75) is 4.90 Å². The maximum Gasteiger partial charge on any atom is 0.269 e. The zero-order valence-corrected chi connectivity index (χ0v) is 11.3. The van der Waals surface area contributed by atoms with Crippen LogP contribution in [-0.2, 0) is 0 Å². The Kier molecular flexibility index (Phi) is 4.36. The summed E-state index contributed by atoms with van der Waals surface area (Å²) in [6.07, 6.45) is 5.99. The summed E-state index contributed by atoms with van der Waals surface area (Å²) in [5.74, 6) is 0. The standard InChI is InChI=1S/C15H13NO2S/c1-19-15-4-2-3-13(11-15)6-5-12-7-9-14(10-8-12)16(17)18/h2-11H,1H3. The van der Waals surface area contributed by atoms with Gasteiger partial charge in [0.25, 0.3) is 5.69 Å². The van der Waals surface area contributed by atoms with Crippen LogP contribution in [0.4, 0.5) is 5.69 Å². The number of hydrogen-bond acceptors (Lipinski definition) is 3. The molecule has 3 nitrogen and oxygen atoms in total. The minimum absolute atomic E-state index is 0.113. The lowest BCUT2D eigenvalue weighted by atomic mass is 10.1. The second kappa shape index (κ2) is 6.20. The van der Waals surface area contributed by atoms with Gasteiger partial charge in [-0.3, -0.25) is 10.1 Å². The first-order chi connectivity index (χ1) is 9.19. The fraction of sp³-hybridized carbons (Fsp3) is 0.0667. The molecule has 19 heavy (non-hydrogen) atoms. The minimum atomic E-state index is -0.393. The first-order valence-corrected chi connectivity index (χ1v) is 6.98. The minimum Gasteiger partial charge on any atom is -0.258 e. The fourth-order valence-electron chi connectivity index (χ4n) is 1.64. The second-order valence-electron chi connectivity index (χ2n) is 3.96. The van der Waals surface area contributed by atoms with Crippen LogP contribution >= 0.6 is 11.8 Å². The highest BCUT2D eigenvalue weighted by Crippen LogP contribution is 2.18. The van der Waals surface area contributed by atoms with Crippen molar-refractivity contribution < 1.29 is 4.92 Å². The van der Waals surface area contributed by atoms with Crippen LogP contribution in [0.2, 0.25) is 0 Å². The molecule has 2 aromatic carbocycles. The molecule has 0 spiro atoms. The van der Waals surface area contributed by atoms with Gasteiger partial charge in [-0.05, 0) is 41.6 Å². The lowest BCUT2D eigenvalue weighted by molar-refractivity contribution is -0.384. The Morgan fingerprint density at radius 2 is 1.74 bits per heavy atom. The Morgan fingerprint density at radius 1 is 1.05 bits per heavy atom. The Morgan fingerprint density at radius 3 is 2.37 bits per heavy atom. The zero-order valence-electron chi connectivity index (χ0n) is 10.4. The Labute approximate surface area is 116 Å². The first-order valence-electron chi connectivity index (χ1n) is 5.75. The summed E-state index contributed by atoms with van der Waals surface area (Å²) in [7, 11) is 0. The van der Waals surface area contributed by atoms with Crippen molar-refractivity contribution in [1.82, 2.24) is 0 Å². The number of nitro benzene ring substituents is 1. The van der Waals surface area contributed by atoms with E-state index in [-0.39, 0.29) is 5.69 Å². The summed E-state index contributed by atoms with van der Waals surface area (Å²) in [6, 6.07) is 14.7.